The van der Waals surface area contributed by atoms with Crippen molar-refractivity contribution in [1.29, 1.82) is 0 Å². The molecule has 1 heterocycles. The van der Waals surface area contributed by atoms with Crippen molar-refractivity contribution >= 4 is 5.69 Å². The average Bonchev–Trinajstić information content (AvgIpc) is 2.26. The van der Waals surface area contributed by atoms with Crippen molar-refractivity contribution in [2.75, 3.05) is 24.5 Å². The number of aryl methyl sites for hydroxylation is 1. The number of nitrogens with zero attached hydrogens (tertiary/aromatic N) is 1. The highest BCUT2D eigenvalue weighted by Gasteiger charge is 2.13. The van der Waals surface area contributed by atoms with Crippen LogP contribution in [-0.4, -0.2) is 25.7 Å². The lowest BCUT2D eigenvalue weighted by molar-refractivity contribution is 0.475. The molecule has 1 aliphatic rings. The fraction of sp³-hybridized carbons (Fsp3) is 0.571. The molecule has 1 saturated heterocycles. The maximum atomic E-state index is 3.54. The van der Waals surface area contributed by atoms with Gasteiger partial charge in [0.25, 0.3) is 0 Å². The van der Waals surface area contributed by atoms with Crippen LogP contribution in [0, 0.1) is 6.92 Å². The summed E-state index contributed by atoms with van der Waals surface area (Å²) in [4.78, 5) is 2.53. The van der Waals surface area contributed by atoms with Gasteiger partial charge >= 0.3 is 0 Å². The van der Waals surface area contributed by atoms with Crippen LogP contribution >= 0.6 is 0 Å². The molecular formula is C14H22N2. The highest BCUT2D eigenvalue weighted by atomic mass is 15.1. The molecule has 2 heteroatoms. The molecule has 0 saturated carbocycles. The fourth-order valence-electron chi connectivity index (χ4n) is 2.34. The number of rotatable bonds is 1. The van der Waals surface area contributed by atoms with Crippen molar-refractivity contribution in [2.45, 2.75) is 32.7 Å². The van der Waals surface area contributed by atoms with Gasteiger partial charge in [0.2, 0.25) is 0 Å². The topological polar surface area (TPSA) is 15.3 Å². The quantitative estimate of drug-likeness (QED) is 0.779. The largest absolute Gasteiger partial charge is 0.371 e. The Hall–Kier alpha value is -1.02. The van der Waals surface area contributed by atoms with Gasteiger partial charge in [-0.3, -0.25) is 0 Å². The highest BCUT2D eigenvalue weighted by molar-refractivity contribution is 5.52. The smallest absolute Gasteiger partial charge is 0.0395 e. The van der Waals surface area contributed by atoms with E-state index < -0.39 is 0 Å². The number of nitrogens with one attached hydrogen (secondary N) is 1. The Balaban J connectivity index is 2.10. The van der Waals surface area contributed by atoms with E-state index in [1.165, 1.54) is 37.2 Å². The lowest BCUT2D eigenvalue weighted by atomic mass is 10.1. The molecule has 0 radical (unpaired) electrons. The Morgan fingerprint density at radius 1 is 1.25 bits per heavy atom. The molecule has 0 amide bonds. The summed E-state index contributed by atoms with van der Waals surface area (Å²) >= 11 is 0. The molecule has 1 atom stereocenters. The van der Waals surface area contributed by atoms with Gasteiger partial charge in [0.15, 0.2) is 0 Å². The van der Waals surface area contributed by atoms with Crippen LogP contribution in [0.2, 0.25) is 0 Å². The van der Waals surface area contributed by atoms with Crippen molar-refractivity contribution in [3.05, 3.63) is 29.8 Å². The van der Waals surface area contributed by atoms with Crippen molar-refractivity contribution in [3.63, 3.8) is 0 Å². The first-order chi connectivity index (χ1) is 7.77. The Kier molecular flexibility index (Phi) is 3.83. The summed E-state index contributed by atoms with van der Waals surface area (Å²) in [6.45, 7) is 7.96. The Bertz CT molecular complexity index is 335. The van der Waals surface area contributed by atoms with Crippen LogP contribution in [0.3, 0.4) is 0 Å². The van der Waals surface area contributed by atoms with Crippen molar-refractivity contribution in [2.24, 2.45) is 0 Å². The molecule has 16 heavy (non-hydrogen) atoms. The zero-order valence-corrected chi connectivity index (χ0v) is 10.4. The maximum absolute atomic E-state index is 3.54. The SMILES string of the molecule is Cc1ccccc1N1CCCNC(C)CC1. The minimum Gasteiger partial charge on any atom is -0.371 e. The number of hydrogen-bond acceptors (Lipinski definition) is 2. The molecule has 1 aromatic rings. The predicted molar refractivity (Wildman–Crippen MR) is 70.1 cm³/mol. The van der Waals surface area contributed by atoms with E-state index in [1.54, 1.807) is 0 Å². The van der Waals surface area contributed by atoms with Gasteiger partial charge < -0.3 is 10.2 Å². The first kappa shape index (κ1) is 11.5. The van der Waals surface area contributed by atoms with Crippen LogP contribution in [0.1, 0.15) is 25.3 Å². The number of para-hydroxylation sites is 1. The van der Waals surface area contributed by atoms with E-state index in [1.807, 2.05) is 0 Å². The normalized spacial score (nSPS) is 22.6. The van der Waals surface area contributed by atoms with Crippen molar-refractivity contribution < 1.29 is 0 Å². The number of benzene rings is 1. The minimum atomic E-state index is 0.645. The van der Waals surface area contributed by atoms with Crippen LogP contribution in [0.4, 0.5) is 5.69 Å². The fourth-order valence-corrected chi connectivity index (χ4v) is 2.34. The van der Waals surface area contributed by atoms with E-state index in [4.69, 9.17) is 0 Å². The van der Waals surface area contributed by atoms with Crippen LogP contribution < -0.4 is 10.2 Å². The van der Waals surface area contributed by atoms with Gasteiger partial charge in [-0.05, 0) is 44.9 Å². The molecule has 0 aliphatic carbocycles. The van der Waals surface area contributed by atoms with E-state index in [0.717, 1.165) is 6.54 Å². The number of anilines is 1. The second kappa shape index (κ2) is 5.35. The molecule has 1 unspecified atom stereocenters. The summed E-state index contributed by atoms with van der Waals surface area (Å²) in [6, 6.07) is 9.35. The predicted octanol–water partition coefficient (Wildman–Crippen LogP) is 2.57. The second-order valence-electron chi connectivity index (χ2n) is 4.77. The lowest BCUT2D eigenvalue weighted by Gasteiger charge is -2.30. The van der Waals surface area contributed by atoms with Gasteiger partial charge in [-0.15, -0.1) is 0 Å². The summed E-state index contributed by atoms with van der Waals surface area (Å²) < 4.78 is 0. The monoisotopic (exact) mass is 218 g/mol. The minimum absolute atomic E-state index is 0.645. The van der Waals surface area contributed by atoms with E-state index in [-0.39, 0.29) is 0 Å². The first-order valence-electron chi connectivity index (χ1n) is 6.31. The van der Waals surface area contributed by atoms with Crippen LogP contribution in [0.15, 0.2) is 24.3 Å². The lowest BCUT2D eigenvalue weighted by Crippen LogP contribution is -2.38. The summed E-state index contributed by atoms with van der Waals surface area (Å²) in [5, 5.41) is 3.54. The van der Waals surface area contributed by atoms with Gasteiger partial charge in [-0.2, -0.15) is 0 Å². The third-order valence-electron chi connectivity index (χ3n) is 3.39. The number of hydrogen-bond donors (Lipinski definition) is 1. The van der Waals surface area contributed by atoms with Crippen LogP contribution in [0.25, 0.3) is 0 Å². The molecule has 88 valence electrons. The second-order valence-corrected chi connectivity index (χ2v) is 4.77. The van der Waals surface area contributed by atoms with Gasteiger partial charge in [0.1, 0.15) is 0 Å². The zero-order valence-electron chi connectivity index (χ0n) is 10.4. The summed E-state index contributed by atoms with van der Waals surface area (Å²) in [6.07, 6.45) is 2.47. The van der Waals surface area contributed by atoms with Crippen molar-refractivity contribution in [1.82, 2.24) is 5.32 Å². The summed E-state index contributed by atoms with van der Waals surface area (Å²) in [5.74, 6) is 0. The molecule has 1 fully saturated rings. The third-order valence-corrected chi connectivity index (χ3v) is 3.39. The van der Waals surface area contributed by atoms with Gasteiger partial charge in [-0.1, -0.05) is 18.2 Å². The highest BCUT2D eigenvalue weighted by Crippen LogP contribution is 2.20. The van der Waals surface area contributed by atoms with Crippen LogP contribution in [0.5, 0.6) is 0 Å². The first-order valence-corrected chi connectivity index (χ1v) is 6.31. The van der Waals surface area contributed by atoms with E-state index >= 15 is 0 Å². The Morgan fingerprint density at radius 3 is 2.88 bits per heavy atom. The molecule has 1 aliphatic heterocycles. The van der Waals surface area contributed by atoms with E-state index in [9.17, 15) is 0 Å². The maximum Gasteiger partial charge on any atom is 0.0395 e. The standard InChI is InChI=1S/C14H22N2/c1-12-6-3-4-7-14(12)16-10-5-9-15-13(2)8-11-16/h3-4,6-7,13,15H,5,8-11H2,1-2H3. The molecule has 1 N–H and O–H groups in total. The summed E-state index contributed by atoms with van der Waals surface area (Å²) in [7, 11) is 0. The Labute approximate surface area is 98.7 Å². The molecule has 0 bridgehead atoms. The van der Waals surface area contributed by atoms with E-state index in [2.05, 4.69) is 48.3 Å². The molecule has 2 nitrogen and oxygen atoms in total. The average molecular weight is 218 g/mol. The zero-order chi connectivity index (χ0) is 11.4. The van der Waals surface area contributed by atoms with Crippen LogP contribution in [-0.2, 0) is 0 Å². The third kappa shape index (κ3) is 2.76. The van der Waals surface area contributed by atoms with Gasteiger partial charge in [-0.25, -0.2) is 0 Å². The van der Waals surface area contributed by atoms with Crippen molar-refractivity contribution in [3.8, 4) is 0 Å². The summed E-state index contributed by atoms with van der Waals surface area (Å²) in [5.41, 5.74) is 2.81. The molecule has 0 aromatic heterocycles. The molecule has 2 rings (SSSR count). The van der Waals surface area contributed by atoms with E-state index in [0.29, 0.717) is 6.04 Å². The molecule has 1 aromatic carbocycles. The van der Waals surface area contributed by atoms with Gasteiger partial charge in [0, 0.05) is 24.8 Å². The van der Waals surface area contributed by atoms with Gasteiger partial charge in [0.05, 0.1) is 0 Å². The Morgan fingerprint density at radius 2 is 2.06 bits per heavy atom. The molecule has 0 spiro atoms. The molecular weight excluding hydrogens is 196 g/mol.